The summed E-state index contributed by atoms with van der Waals surface area (Å²) in [4.78, 5) is 27.6. The molecule has 0 radical (unpaired) electrons. The third-order valence-corrected chi connectivity index (χ3v) is 5.20. The number of nitrogens with one attached hydrogen (secondary N) is 1. The van der Waals surface area contributed by atoms with Crippen LogP contribution in [0.4, 0.5) is 10.8 Å². The summed E-state index contributed by atoms with van der Waals surface area (Å²) in [5, 5.41) is 22.9. The number of anilines is 1. The Morgan fingerprint density at radius 1 is 1.42 bits per heavy atom. The Labute approximate surface area is 156 Å². The van der Waals surface area contributed by atoms with Crippen LogP contribution in [0.1, 0.15) is 4.88 Å². The molecule has 0 aliphatic carbocycles. The Kier molecular flexibility index (Phi) is 5.28. The number of rotatable bonds is 6. The number of thiazole rings is 1. The van der Waals surface area contributed by atoms with E-state index in [1.807, 2.05) is 6.92 Å². The molecular weight excluding hydrogens is 376 g/mol. The zero-order valence-electron chi connectivity index (χ0n) is 13.9. The lowest BCUT2D eigenvalue weighted by Gasteiger charge is -2.04. The van der Waals surface area contributed by atoms with Gasteiger partial charge in [-0.3, -0.25) is 14.9 Å². The molecular formula is C15H14N6O3S2. The number of benzene rings is 1. The zero-order valence-corrected chi connectivity index (χ0v) is 15.5. The van der Waals surface area contributed by atoms with Crippen LogP contribution in [0, 0.1) is 17.0 Å². The third kappa shape index (κ3) is 4.06. The van der Waals surface area contributed by atoms with E-state index < -0.39 is 4.92 Å². The lowest BCUT2D eigenvalue weighted by Crippen LogP contribution is -2.14. The van der Waals surface area contributed by atoms with E-state index in [1.54, 1.807) is 29.9 Å². The van der Waals surface area contributed by atoms with Crippen molar-refractivity contribution in [3.8, 4) is 11.4 Å². The SMILES string of the molecule is Cc1cnc(NC(=O)CSc2nnc(-c3cccc([N+](=O)[O-])c3)n2C)s1. The fraction of sp³-hybridized carbons (Fsp3) is 0.200. The monoisotopic (exact) mass is 390 g/mol. The first-order valence-corrected chi connectivity index (χ1v) is 9.23. The van der Waals surface area contributed by atoms with E-state index in [9.17, 15) is 14.9 Å². The van der Waals surface area contributed by atoms with Crippen molar-refractivity contribution < 1.29 is 9.72 Å². The molecule has 2 heterocycles. The molecule has 1 N–H and O–H groups in total. The molecule has 11 heteroatoms. The van der Waals surface area contributed by atoms with Gasteiger partial charge in [0.1, 0.15) is 0 Å². The number of nitrogens with zero attached hydrogens (tertiary/aromatic N) is 5. The van der Waals surface area contributed by atoms with E-state index in [0.29, 0.717) is 21.7 Å². The summed E-state index contributed by atoms with van der Waals surface area (Å²) in [5.41, 5.74) is 0.571. The number of nitro groups is 1. The van der Waals surface area contributed by atoms with E-state index in [4.69, 9.17) is 0 Å². The van der Waals surface area contributed by atoms with Gasteiger partial charge in [0.25, 0.3) is 5.69 Å². The molecule has 134 valence electrons. The van der Waals surface area contributed by atoms with E-state index in [-0.39, 0.29) is 17.3 Å². The summed E-state index contributed by atoms with van der Waals surface area (Å²) < 4.78 is 1.70. The molecule has 1 aromatic carbocycles. The van der Waals surface area contributed by atoms with Crippen LogP contribution >= 0.6 is 23.1 Å². The minimum atomic E-state index is -0.458. The standard InChI is InChI=1S/C15H14N6O3S2/c1-9-7-16-14(26-9)17-12(22)8-25-15-19-18-13(20(15)2)10-4-3-5-11(6-10)21(23)24/h3-7H,8H2,1-2H3,(H,16,17,22). The molecule has 0 atom stereocenters. The first-order valence-electron chi connectivity index (χ1n) is 7.43. The van der Waals surface area contributed by atoms with E-state index in [0.717, 1.165) is 4.88 Å². The van der Waals surface area contributed by atoms with Gasteiger partial charge in [-0.2, -0.15) is 0 Å². The lowest BCUT2D eigenvalue weighted by atomic mass is 10.2. The van der Waals surface area contributed by atoms with Gasteiger partial charge in [0.15, 0.2) is 16.1 Å². The molecule has 26 heavy (non-hydrogen) atoms. The molecule has 2 aromatic heterocycles. The topological polar surface area (TPSA) is 116 Å². The van der Waals surface area contributed by atoms with Gasteiger partial charge in [0.05, 0.1) is 10.7 Å². The van der Waals surface area contributed by atoms with Gasteiger partial charge in [-0.05, 0) is 6.92 Å². The van der Waals surface area contributed by atoms with Crippen LogP contribution in [0.15, 0.2) is 35.6 Å². The van der Waals surface area contributed by atoms with Crippen LogP contribution in [0.2, 0.25) is 0 Å². The third-order valence-electron chi connectivity index (χ3n) is 3.35. The average Bonchev–Trinajstić information content (AvgIpc) is 3.18. The number of aryl methyl sites for hydroxylation is 1. The van der Waals surface area contributed by atoms with Crippen LogP contribution < -0.4 is 5.32 Å². The minimum absolute atomic E-state index is 0.0159. The van der Waals surface area contributed by atoms with Crippen molar-refractivity contribution in [1.82, 2.24) is 19.7 Å². The molecule has 3 rings (SSSR count). The normalized spacial score (nSPS) is 10.7. The van der Waals surface area contributed by atoms with Crippen molar-refractivity contribution in [3.05, 3.63) is 45.5 Å². The molecule has 1 amide bonds. The van der Waals surface area contributed by atoms with Gasteiger partial charge in [0.2, 0.25) is 5.91 Å². The first-order chi connectivity index (χ1) is 12.4. The summed E-state index contributed by atoms with van der Waals surface area (Å²) in [7, 11) is 1.75. The van der Waals surface area contributed by atoms with Gasteiger partial charge in [-0.25, -0.2) is 4.98 Å². The highest BCUT2D eigenvalue weighted by atomic mass is 32.2. The number of hydrogen-bond donors (Lipinski definition) is 1. The molecule has 0 aliphatic heterocycles. The number of carbonyl (C=O) groups excluding carboxylic acids is 1. The van der Waals surface area contributed by atoms with Crippen LogP contribution in [0.5, 0.6) is 0 Å². The summed E-state index contributed by atoms with van der Waals surface area (Å²) in [5.74, 6) is 0.455. The quantitative estimate of drug-likeness (QED) is 0.391. The minimum Gasteiger partial charge on any atom is -0.305 e. The Hall–Kier alpha value is -2.79. The predicted octanol–water partition coefficient (Wildman–Crippen LogP) is 2.89. The van der Waals surface area contributed by atoms with Crippen molar-refractivity contribution in [1.29, 1.82) is 0 Å². The maximum atomic E-state index is 12.0. The first kappa shape index (κ1) is 18.0. The molecule has 0 unspecified atom stereocenters. The molecule has 0 spiro atoms. The van der Waals surface area contributed by atoms with Crippen molar-refractivity contribution in [2.24, 2.45) is 7.05 Å². The van der Waals surface area contributed by atoms with E-state index >= 15 is 0 Å². The largest absolute Gasteiger partial charge is 0.305 e. The number of non-ortho nitro benzene ring substituents is 1. The molecule has 0 saturated heterocycles. The highest BCUT2D eigenvalue weighted by molar-refractivity contribution is 7.99. The Balaban J connectivity index is 1.68. The maximum Gasteiger partial charge on any atom is 0.270 e. The molecule has 0 fully saturated rings. The number of nitro benzene ring substituents is 1. The van der Waals surface area contributed by atoms with E-state index in [2.05, 4.69) is 20.5 Å². The maximum absolute atomic E-state index is 12.0. The highest BCUT2D eigenvalue weighted by Crippen LogP contribution is 2.25. The van der Waals surface area contributed by atoms with Crippen molar-refractivity contribution in [2.45, 2.75) is 12.1 Å². The van der Waals surface area contributed by atoms with Gasteiger partial charge in [0, 0.05) is 35.8 Å². The Morgan fingerprint density at radius 3 is 2.92 bits per heavy atom. The van der Waals surface area contributed by atoms with Crippen molar-refractivity contribution >= 4 is 39.8 Å². The average molecular weight is 390 g/mol. The Bertz CT molecular complexity index is 968. The van der Waals surface area contributed by atoms with Crippen LogP contribution in [-0.2, 0) is 11.8 Å². The van der Waals surface area contributed by atoms with Crippen molar-refractivity contribution in [2.75, 3.05) is 11.1 Å². The number of amides is 1. The molecule has 0 aliphatic rings. The molecule has 9 nitrogen and oxygen atoms in total. The second-order valence-corrected chi connectivity index (χ2v) is 7.46. The van der Waals surface area contributed by atoms with Crippen LogP contribution in [0.25, 0.3) is 11.4 Å². The number of carbonyl (C=O) groups is 1. The smallest absolute Gasteiger partial charge is 0.270 e. The van der Waals surface area contributed by atoms with Crippen LogP contribution in [0.3, 0.4) is 0 Å². The number of thioether (sulfide) groups is 1. The van der Waals surface area contributed by atoms with Gasteiger partial charge < -0.3 is 9.88 Å². The fourth-order valence-corrected chi connectivity index (χ4v) is 3.54. The Morgan fingerprint density at radius 2 is 2.23 bits per heavy atom. The zero-order chi connectivity index (χ0) is 18.7. The summed E-state index contributed by atoms with van der Waals surface area (Å²) >= 11 is 2.63. The predicted molar refractivity (Wildman–Crippen MR) is 99.3 cm³/mol. The molecule has 3 aromatic rings. The van der Waals surface area contributed by atoms with Gasteiger partial charge in [-0.1, -0.05) is 23.9 Å². The second-order valence-electron chi connectivity index (χ2n) is 5.29. The van der Waals surface area contributed by atoms with Crippen LogP contribution in [-0.4, -0.2) is 36.3 Å². The summed E-state index contributed by atoms with van der Waals surface area (Å²) in [6, 6.07) is 6.18. The number of hydrogen-bond acceptors (Lipinski definition) is 8. The molecule has 0 saturated carbocycles. The summed E-state index contributed by atoms with van der Waals surface area (Å²) in [6.45, 7) is 1.91. The van der Waals surface area contributed by atoms with E-state index in [1.165, 1.54) is 35.2 Å². The second kappa shape index (κ2) is 7.62. The fourth-order valence-electron chi connectivity index (χ4n) is 2.15. The van der Waals surface area contributed by atoms with Crippen molar-refractivity contribution in [3.63, 3.8) is 0 Å². The molecule has 0 bridgehead atoms. The summed E-state index contributed by atoms with van der Waals surface area (Å²) in [6.07, 6.45) is 1.70. The van der Waals surface area contributed by atoms with Gasteiger partial charge >= 0.3 is 0 Å². The number of aromatic nitrogens is 4. The highest BCUT2D eigenvalue weighted by Gasteiger charge is 2.15. The lowest BCUT2D eigenvalue weighted by molar-refractivity contribution is -0.384. The van der Waals surface area contributed by atoms with Gasteiger partial charge in [-0.15, -0.1) is 21.5 Å².